The molecule has 0 bridgehead atoms. The van der Waals surface area contributed by atoms with Gasteiger partial charge >= 0.3 is 12.0 Å². The van der Waals surface area contributed by atoms with Crippen molar-refractivity contribution in [2.75, 3.05) is 17.6 Å². The third-order valence-electron chi connectivity index (χ3n) is 3.00. The van der Waals surface area contributed by atoms with Crippen LogP contribution in [0.15, 0.2) is 22.7 Å². The summed E-state index contributed by atoms with van der Waals surface area (Å²) in [7, 11) is 0. The normalized spacial score (nSPS) is 17.8. The summed E-state index contributed by atoms with van der Waals surface area (Å²) in [6, 6.07) is 4.38. The average molecular weight is 359 g/mol. The fourth-order valence-electron chi connectivity index (χ4n) is 2.00. The number of carboxylic acid groups (broad SMARTS) is 1. The van der Waals surface area contributed by atoms with E-state index in [9.17, 15) is 9.59 Å². The van der Waals surface area contributed by atoms with E-state index in [0.717, 1.165) is 12.2 Å². The van der Waals surface area contributed by atoms with Crippen LogP contribution < -0.4 is 10.6 Å². The molecule has 108 valence electrons. The lowest BCUT2D eigenvalue weighted by molar-refractivity contribution is 0.0698. The zero-order valence-electron chi connectivity index (χ0n) is 10.7. The van der Waals surface area contributed by atoms with Gasteiger partial charge in [0, 0.05) is 16.3 Å². The Labute approximate surface area is 129 Å². The highest BCUT2D eigenvalue weighted by Crippen LogP contribution is 2.27. The van der Waals surface area contributed by atoms with E-state index in [0.29, 0.717) is 16.3 Å². The molecule has 20 heavy (non-hydrogen) atoms. The van der Waals surface area contributed by atoms with E-state index >= 15 is 0 Å². The molecule has 2 amide bonds. The summed E-state index contributed by atoms with van der Waals surface area (Å²) in [5, 5.41) is 14.9. The van der Waals surface area contributed by atoms with Gasteiger partial charge in [-0.3, -0.25) is 0 Å². The molecular weight excluding hydrogens is 344 g/mol. The number of anilines is 1. The first kappa shape index (κ1) is 15.2. The number of hydrogen-bond donors (Lipinski definition) is 3. The van der Waals surface area contributed by atoms with Crippen molar-refractivity contribution < 1.29 is 14.7 Å². The molecule has 2 rings (SSSR count). The Bertz CT molecular complexity index is 518. The number of para-hydroxylation sites is 1. The third kappa shape index (κ3) is 3.89. The number of thioether (sulfide) groups is 1. The highest BCUT2D eigenvalue weighted by Gasteiger charge is 2.18. The molecule has 0 aliphatic carbocycles. The van der Waals surface area contributed by atoms with Crippen LogP contribution >= 0.6 is 27.7 Å². The van der Waals surface area contributed by atoms with Gasteiger partial charge in [-0.05, 0) is 46.7 Å². The van der Waals surface area contributed by atoms with E-state index in [1.165, 1.54) is 12.5 Å². The first-order valence-corrected chi connectivity index (χ1v) is 8.10. The molecule has 3 N–H and O–H groups in total. The van der Waals surface area contributed by atoms with Gasteiger partial charge < -0.3 is 15.7 Å². The van der Waals surface area contributed by atoms with Gasteiger partial charge in [-0.25, -0.2) is 9.59 Å². The number of carboxylic acids is 1. The zero-order chi connectivity index (χ0) is 14.5. The Morgan fingerprint density at radius 2 is 2.25 bits per heavy atom. The molecule has 7 heteroatoms. The van der Waals surface area contributed by atoms with E-state index in [1.54, 1.807) is 12.1 Å². The number of carbonyl (C=O) groups excluding carboxylic acids is 1. The molecule has 0 radical (unpaired) electrons. The molecule has 1 unspecified atom stereocenters. The largest absolute Gasteiger partial charge is 0.478 e. The van der Waals surface area contributed by atoms with Gasteiger partial charge in [-0.1, -0.05) is 6.07 Å². The Morgan fingerprint density at radius 3 is 2.90 bits per heavy atom. The van der Waals surface area contributed by atoms with Crippen LogP contribution in [-0.2, 0) is 0 Å². The molecule has 5 nitrogen and oxygen atoms in total. The summed E-state index contributed by atoms with van der Waals surface area (Å²) < 4.78 is 0.544. The molecular formula is C13H15BrN2O3S. The lowest BCUT2D eigenvalue weighted by Crippen LogP contribution is -2.34. The molecule has 1 aliphatic rings. The number of urea groups is 1. The lowest BCUT2D eigenvalue weighted by atomic mass is 10.2. The minimum Gasteiger partial charge on any atom is -0.478 e. The molecule has 1 fully saturated rings. The van der Waals surface area contributed by atoms with Crippen LogP contribution in [0.4, 0.5) is 10.5 Å². The number of rotatable bonds is 4. The molecule has 1 aromatic rings. The van der Waals surface area contributed by atoms with Crippen LogP contribution in [0.1, 0.15) is 23.2 Å². The van der Waals surface area contributed by atoms with Crippen molar-refractivity contribution in [1.82, 2.24) is 5.32 Å². The smallest absolute Gasteiger partial charge is 0.337 e. The second-order valence-corrected chi connectivity index (χ2v) is 6.70. The van der Waals surface area contributed by atoms with E-state index in [4.69, 9.17) is 5.11 Å². The maximum Gasteiger partial charge on any atom is 0.337 e. The lowest BCUT2D eigenvalue weighted by Gasteiger charge is -2.13. The number of hydrogen-bond acceptors (Lipinski definition) is 3. The monoisotopic (exact) mass is 358 g/mol. The standard InChI is InChI=1S/C13H15BrN2O3S/c14-10-5-1-4-9(12(17)18)11(10)16-13(19)15-7-8-3-2-6-20-8/h1,4-5,8H,2-3,6-7H2,(H,17,18)(H2,15,16,19). The van der Waals surface area contributed by atoms with Gasteiger partial charge in [0.25, 0.3) is 0 Å². The number of amides is 2. The minimum absolute atomic E-state index is 0.0600. The quantitative estimate of drug-likeness (QED) is 0.772. The Hall–Kier alpha value is -1.21. The molecule has 1 heterocycles. The fourth-order valence-corrected chi connectivity index (χ4v) is 3.67. The number of aromatic carboxylic acids is 1. The van der Waals surface area contributed by atoms with E-state index in [1.807, 2.05) is 11.8 Å². The number of nitrogens with one attached hydrogen (secondary N) is 2. The highest BCUT2D eigenvalue weighted by atomic mass is 79.9. The highest BCUT2D eigenvalue weighted by molar-refractivity contribution is 9.10. The number of benzene rings is 1. The molecule has 0 aromatic heterocycles. The Balaban J connectivity index is 1.98. The van der Waals surface area contributed by atoms with Crippen molar-refractivity contribution in [3.05, 3.63) is 28.2 Å². The third-order valence-corrected chi connectivity index (χ3v) is 5.06. The van der Waals surface area contributed by atoms with E-state index < -0.39 is 5.97 Å². The van der Waals surface area contributed by atoms with Gasteiger partial charge in [0.15, 0.2) is 0 Å². The van der Waals surface area contributed by atoms with Crippen molar-refractivity contribution in [1.29, 1.82) is 0 Å². The van der Waals surface area contributed by atoms with Crippen molar-refractivity contribution in [2.24, 2.45) is 0 Å². The minimum atomic E-state index is -1.08. The van der Waals surface area contributed by atoms with Crippen LogP contribution in [0.3, 0.4) is 0 Å². The van der Waals surface area contributed by atoms with Crippen LogP contribution in [0.2, 0.25) is 0 Å². The Morgan fingerprint density at radius 1 is 1.45 bits per heavy atom. The molecule has 1 saturated heterocycles. The predicted molar refractivity (Wildman–Crippen MR) is 83.6 cm³/mol. The van der Waals surface area contributed by atoms with Crippen LogP contribution in [0.25, 0.3) is 0 Å². The van der Waals surface area contributed by atoms with Crippen LogP contribution in [0, 0.1) is 0 Å². The van der Waals surface area contributed by atoms with E-state index in [-0.39, 0.29) is 17.3 Å². The molecule has 1 aromatic carbocycles. The van der Waals surface area contributed by atoms with Crippen molar-refractivity contribution in [2.45, 2.75) is 18.1 Å². The zero-order valence-corrected chi connectivity index (χ0v) is 13.1. The van der Waals surface area contributed by atoms with Crippen LogP contribution in [-0.4, -0.2) is 34.7 Å². The van der Waals surface area contributed by atoms with Gasteiger partial charge in [0.2, 0.25) is 0 Å². The van der Waals surface area contributed by atoms with Crippen molar-refractivity contribution in [3.63, 3.8) is 0 Å². The summed E-state index contributed by atoms with van der Waals surface area (Å²) in [6.07, 6.45) is 2.30. The van der Waals surface area contributed by atoms with E-state index in [2.05, 4.69) is 26.6 Å². The summed E-state index contributed by atoms with van der Waals surface area (Å²) in [5.74, 6) is 0.0643. The molecule has 0 saturated carbocycles. The Kier molecular flexibility index (Phi) is 5.31. The maximum atomic E-state index is 11.9. The first-order valence-electron chi connectivity index (χ1n) is 6.26. The van der Waals surface area contributed by atoms with Gasteiger partial charge in [0.1, 0.15) is 0 Å². The first-order chi connectivity index (χ1) is 9.58. The second-order valence-electron chi connectivity index (χ2n) is 4.44. The van der Waals surface area contributed by atoms with Crippen molar-refractivity contribution >= 4 is 45.4 Å². The fraction of sp³-hybridized carbons (Fsp3) is 0.385. The van der Waals surface area contributed by atoms with Gasteiger partial charge in [-0.15, -0.1) is 0 Å². The number of halogens is 1. The van der Waals surface area contributed by atoms with Gasteiger partial charge in [-0.2, -0.15) is 11.8 Å². The van der Waals surface area contributed by atoms with Crippen LogP contribution in [0.5, 0.6) is 0 Å². The summed E-state index contributed by atoms with van der Waals surface area (Å²) in [6.45, 7) is 0.601. The molecule has 0 spiro atoms. The number of carbonyl (C=O) groups is 2. The molecule has 1 atom stereocenters. The average Bonchev–Trinajstić information content (AvgIpc) is 2.91. The topological polar surface area (TPSA) is 78.4 Å². The summed E-state index contributed by atoms with van der Waals surface area (Å²) >= 11 is 5.11. The van der Waals surface area contributed by atoms with Crippen molar-refractivity contribution in [3.8, 4) is 0 Å². The summed E-state index contributed by atoms with van der Waals surface area (Å²) in [4.78, 5) is 23.0. The second kappa shape index (κ2) is 6.99. The summed E-state index contributed by atoms with van der Waals surface area (Å²) in [5.41, 5.74) is 0.335. The van der Waals surface area contributed by atoms with Gasteiger partial charge in [0.05, 0.1) is 11.3 Å². The maximum absolute atomic E-state index is 11.9. The molecule has 1 aliphatic heterocycles. The SMILES string of the molecule is O=C(NCC1CCCS1)Nc1c(Br)cccc1C(=O)O. The predicted octanol–water partition coefficient (Wildman–Crippen LogP) is 3.16.